The molecule has 0 radical (unpaired) electrons. The van der Waals surface area contributed by atoms with E-state index >= 15 is 0 Å². The van der Waals surface area contributed by atoms with E-state index in [9.17, 15) is 4.79 Å². The van der Waals surface area contributed by atoms with E-state index in [0.717, 1.165) is 34.8 Å². The van der Waals surface area contributed by atoms with Gasteiger partial charge in [-0.1, -0.05) is 12.8 Å². The Balaban J connectivity index is 1.48. The van der Waals surface area contributed by atoms with E-state index in [0.29, 0.717) is 12.0 Å². The van der Waals surface area contributed by atoms with Crippen LogP contribution in [0.25, 0.3) is 0 Å². The second-order valence-electron chi connectivity index (χ2n) is 7.04. The lowest BCUT2D eigenvalue weighted by Crippen LogP contribution is -2.38. The van der Waals surface area contributed by atoms with Gasteiger partial charge in [-0.2, -0.15) is 0 Å². The first-order chi connectivity index (χ1) is 11.7. The zero-order chi connectivity index (χ0) is 16.5. The Bertz CT molecular complexity index is 703. The van der Waals surface area contributed by atoms with E-state index in [1.54, 1.807) is 17.5 Å². The molecule has 0 spiro atoms. The highest BCUT2D eigenvalue weighted by Gasteiger charge is 2.31. The fraction of sp³-hybridized carbons (Fsp3) is 0.611. The smallest absolute Gasteiger partial charge is 0.263 e. The summed E-state index contributed by atoms with van der Waals surface area (Å²) < 4.78 is 2.13. The molecule has 2 aromatic heterocycles. The van der Waals surface area contributed by atoms with Crippen LogP contribution in [0.5, 0.6) is 0 Å². The van der Waals surface area contributed by atoms with Crippen molar-refractivity contribution in [2.45, 2.75) is 69.9 Å². The molecule has 2 atom stereocenters. The van der Waals surface area contributed by atoms with Crippen molar-refractivity contribution in [2.75, 3.05) is 0 Å². The molecule has 1 N–H and O–H groups in total. The number of hydrogen-bond donors (Lipinski definition) is 1. The van der Waals surface area contributed by atoms with Gasteiger partial charge in [0, 0.05) is 24.4 Å². The van der Waals surface area contributed by atoms with Crippen molar-refractivity contribution in [3.05, 3.63) is 34.3 Å². The largest absolute Gasteiger partial charge is 0.346 e. The third-order valence-electron chi connectivity index (χ3n) is 5.43. The Morgan fingerprint density at radius 1 is 1.25 bits per heavy atom. The van der Waals surface area contributed by atoms with Gasteiger partial charge in [-0.15, -0.1) is 11.3 Å². The van der Waals surface area contributed by atoms with Gasteiger partial charge in [0.05, 0.1) is 23.1 Å². The molecular weight excluding hydrogens is 320 g/mol. The molecule has 2 heterocycles. The van der Waals surface area contributed by atoms with Crippen molar-refractivity contribution in [1.29, 1.82) is 0 Å². The highest BCUT2D eigenvalue weighted by molar-refractivity contribution is 7.13. The zero-order valence-corrected chi connectivity index (χ0v) is 14.9. The van der Waals surface area contributed by atoms with Crippen LogP contribution in [-0.2, 0) is 0 Å². The van der Waals surface area contributed by atoms with E-state index in [4.69, 9.17) is 4.98 Å². The number of nitrogens with zero attached hydrogens (tertiary/aromatic N) is 3. The van der Waals surface area contributed by atoms with Crippen molar-refractivity contribution in [3.8, 4) is 0 Å². The quantitative estimate of drug-likeness (QED) is 0.917. The van der Waals surface area contributed by atoms with E-state index < -0.39 is 0 Å². The maximum atomic E-state index is 12.8. The number of thiazole rings is 1. The molecule has 0 unspecified atom stereocenters. The van der Waals surface area contributed by atoms with Crippen LogP contribution in [0.1, 0.15) is 77.3 Å². The van der Waals surface area contributed by atoms with Crippen LogP contribution >= 0.6 is 11.3 Å². The Morgan fingerprint density at radius 2 is 2.08 bits per heavy atom. The minimum Gasteiger partial charge on any atom is -0.346 e. The third-order valence-corrected chi connectivity index (χ3v) is 6.75. The van der Waals surface area contributed by atoms with Gasteiger partial charge in [0.2, 0.25) is 0 Å². The van der Waals surface area contributed by atoms with E-state index in [-0.39, 0.29) is 11.9 Å². The molecule has 1 amide bonds. The lowest BCUT2D eigenvalue weighted by atomic mass is 10.1. The standard InChI is InChI=1S/C18H24N4OS/c1-12-16(24-18(20-12)13-5-2-3-6-13)17(23)21-14-7-4-8-15(14)22-10-9-19-11-22/h9-11,13-15H,2-8H2,1H3,(H,21,23)/t14-,15-/m0/s1. The number of carbonyl (C=O) groups is 1. The Kier molecular flexibility index (Phi) is 4.39. The van der Waals surface area contributed by atoms with Crippen molar-refractivity contribution < 1.29 is 4.79 Å². The van der Waals surface area contributed by atoms with Crippen molar-refractivity contribution >= 4 is 17.2 Å². The molecule has 0 aliphatic heterocycles. The van der Waals surface area contributed by atoms with Gasteiger partial charge in [0.15, 0.2) is 0 Å². The van der Waals surface area contributed by atoms with E-state index in [1.807, 2.05) is 19.4 Å². The summed E-state index contributed by atoms with van der Waals surface area (Å²) in [5, 5.41) is 4.42. The van der Waals surface area contributed by atoms with Gasteiger partial charge in [-0.25, -0.2) is 9.97 Å². The summed E-state index contributed by atoms with van der Waals surface area (Å²) in [5.41, 5.74) is 0.886. The van der Waals surface area contributed by atoms with Crippen LogP contribution < -0.4 is 5.32 Å². The van der Waals surface area contributed by atoms with Gasteiger partial charge in [0.25, 0.3) is 5.91 Å². The molecule has 0 bridgehead atoms. The molecule has 2 aromatic rings. The lowest BCUT2D eigenvalue weighted by molar-refractivity contribution is 0.0932. The number of aromatic nitrogens is 3. The molecule has 0 saturated heterocycles. The number of hydrogen-bond acceptors (Lipinski definition) is 4. The van der Waals surface area contributed by atoms with Crippen molar-refractivity contribution in [2.24, 2.45) is 0 Å². The third kappa shape index (κ3) is 2.99. The summed E-state index contributed by atoms with van der Waals surface area (Å²) in [4.78, 5) is 22.4. The predicted octanol–water partition coefficient (Wildman–Crippen LogP) is 3.83. The molecular formula is C18H24N4OS. The SMILES string of the molecule is Cc1nc(C2CCCC2)sc1C(=O)N[C@H]1CCC[C@@H]1n1ccnc1. The Hall–Kier alpha value is -1.69. The van der Waals surface area contributed by atoms with Gasteiger partial charge < -0.3 is 9.88 Å². The fourth-order valence-corrected chi connectivity index (χ4v) is 5.28. The van der Waals surface area contributed by atoms with Crippen LogP contribution in [0.4, 0.5) is 0 Å². The summed E-state index contributed by atoms with van der Waals surface area (Å²) >= 11 is 1.60. The Labute approximate surface area is 146 Å². The molecule has 128 valence electrons. The number of amides is 1. The van der Waals surface area contributed by atoms with Gasteiger partial charge in [-0.05, 0) is 39.0 Å². The minimum absolute atomic E-state index is 0.0475. The summed E-state index contributed by atoms with van der Waals surface area (Å²) in [6.07, 6.45) is 13.9. The number of nitrogens with one attached hydrogen (secondary N) is 1. The first-order valence-electron chi connectivity index (χ1n) is 8.98. The summed E-state index contributed by atoms with van der Waals surface area (Å²) in [7, 11) is 0. The second-order valence-corrected chi connectivity index (χ2v) is 8.07. The summed E-state index contributed by atoms with van der Waals surface area (Å²) in [5.74, 6) is 0.617. The highest BCUT2D eigenvalue weighted by Crippen LogP contribution is 2.37. The van der Waals surface area contributed by atoms with Gasteiger partial charge in [-0.3, -0.25) is 4.79 Å². The average molecular weight is 344 g/mol. The number of rotatable bonds is 4. The maximum Gasteiger partial charge on any atom is 0.263 e. The summed E-state index contributed by atoms with van der Waals surface area (Å²) in [6.45, 7) is 1.96. The van der Waals surface area contributed by atoms with Gasteiger partial charge in [0.1, 0.15) is 4.88 Å². The molecule has 5 nitrogen and oxygen atoms in total. The second kappa shape index (κ2) is 6.67. The molecule has 6 heteroatoms. The fourth-order valence-electron chi connectivity index (χ4n) is 4.14. The maximum absolute atomic E-state index is 12.8. The Morgan fingerprint density at radius 3 is 2.83 bits per heavy atom. The monoisotopic (exact) mass is 344 g/mol. The normalized spacial score (nSPS) is 24.5. The van der Waals surface area contributed by atoms with Crippen molar-refractivity contribution in [1.82, 2.24) is 19.9 Å². The van der Waals surface area contributed by atoms with Crippen LogP contribution in [0, 0.1) is 6.92 Å². The molecule has 2 saturated carbocycles. The zero-order valence-electron chi connectivity index (χ0n) is 14.1. The van der Waals surface area contributed by atoms with Crippen molar-refractivity contribution in [3.63, 3.8) is 0 Å². The van der Waals surface area contributed by atoms with Crippen LogP contribution in [-0.4, -0.2) is 26.5 Å². The van der Waals surface area contributed by atoms with Crippen LogP contribution in [0.2, 0.25) is 0 Å². The number of imidazole rings is 1. The van der Waals surface area contributed by atoms with Gasteiger partial charge >= 0.3 is 0 Å². The number of carbonyl (C=O) groups excluding carboxylic acids is 1. The number of aryl methyl sites for hydroxylation is 1. The summed E-state index contributed by atoms with van der Waals surface area (Å²) in [6, 6.07) is 0.502. The van der Waals surface area contributed by atoms with E-state index in [1.165, 1.54) is 25.7 Å². The first kappa shape index (κ1) is 15.8. The van der Waals surface area contributed by atoms with E-state index in [2.05, 4.69) is 14.9 Å². The highest BCUT2D eigenvalue weighted by atomic mass is 32.1. The molecule has 2 fully saturated rings. The lowest BCUT2D eigenvalue weighted by Gasteiger charge is -2.21. The first-order valence-corrected chi connectivity index (χ1v) is 9.79. The van der Waals surface area contributed by atoms with Crippen LogP contribution in [0.3, 0.4) is 0 Å². The molecule has 0 aromatic carbocycles. The molecule has 2 aliphatic rings. The minimum atomic E-state index is 0.0475. The average Bonchev–Trinajstić information content (AvgIpc) is 3.34. The molecule has 24 heavy (non-hydrogen) atoms. The van der Waals surface area contributed by atoms with Crippen LogP contribution in [0.15, 0.2) is 18.7 Å². The molecule has 4 rings (SSSR count). The predicted molar refractivity (Wildman–Crippen MR) is 94.4 cm³/mol. The topological polar surface area (TPSA) is 59.8 Å². The molecule has 2 aliphatic carbocycles.